The molecule has 0 rings (SSSR count). The zero-order valence-corrected chi connectivity index (χ0v) is 12.2. The van der Waals surface area contributed by atoms with Crippen molar-refractivity contribution in [1.82, 2.24) is 5.32 Å². The van der Waals surface area contributed by atoms with Crippen molar-refractivity contribution < 1.29 is 18.9 Å². The molecule has 0 radical (unpaired) electrons. The minimum absolute atomic E-state index is 0.386. The standard InChI is InChI=1S/C13H29NO4/c1-12(2)13(11-16-4)14-5-6-17-9-10-18-8-7-15-3/h12-14H,5-11H2,1-4H3. The molecule has 0 spiro atoms. The molecule has 0 aliphatic carbocycles. The van der Waals surface area contributed by atoms with Crippen molar-refractivity contribution in [1.29, 1.82) is 0 Å². The second-order valence-corrected chi connectivity index (χ2v) is 4.48. The molecular formula is C13H29NO4. The molecule has 0 saturated heterocycles. The van der Waals surface area contributed by atoms with Crippen molar-refractivity contribution in [2.45, 2.75) is 19.9 Å². The zero-order valence-electron chi connectivity index (χ0n) is 12.2. The van der Waals surface area contributed by atoms with E-state index in [1.165, 1.54) is 0 Å². The summed E-state index contributed by atoms with van der Waals surface area (Å²) in [7, 11) is 3.39. The molecule has 0 saturated carbocycles. The molecule has 110 valence electrons. The Hall–Kier alpha value is -0.200. The summed E-state index contributed by atoms with van der Waals surface area (Å²) in [5, 5.41) is 3.42. The highest BCUT2D eigenvalue weighted by Gasteiger charge is 2.11. The molecule has 5 heteroatoms. The Labute approximate surface area is 111 Å². The van der Waals surface area contributed by atoms with E-state index in [0.29, 0.717) is 45.0 Å². The molecule has 0 fully saturated rings. The van der Waals surface area contributed by atoms with Gasteiger partial charge in [-0.2, -0.15) is 0 Å². The SMILES string of the molecule is COCCOCCOCCNC(COC)C(C)C. The van der Waals surface area contributed by atoms with Crippen LogP contribution in [0.15, 0.2) is 0 Å². The fourth-order valence-electron chi connectivity index (χ4n) is 1.45. The summed E-state index contributed by atoms with van der Waals surface area (Å²) in [5.74, 6) is 0.558. The van der Waals surface area contributed by atoms with E-state index in [1.54, 1.807) is 14.2 Å². The third kappa shape index (κ3) is 10.9. The van der Waals surface area contributed by atoms with Gasteiger partial charge in [-0.25, -0.2) is 0 Å². The van der Waals surface area contributed by atoms with E-state index in [-0.39, 0.29) is 0 Å². The van der Waals surface area contributed by atoms with Crippen molar-refractivity contribution in [3.63, 3.8) is 0 Å². The van der Waals surface area contributed by atoms with Gasteiger partial charge in [-0.05, 0) is 5.92 Å². The summed E-state index contributed by atoms with van der Waals surface area (Å²) in [5.41, 5.74) is 0. The van der Waals surface area contributed by atoms with Gasteiger partial charge in [0.05, 0.1) is 39.6 Å². The number of nitrogens with one attached hydrogen (secondary N) is 1. The van der Waals surface area contributed by atoms with Gasteiger partial charge in [0.15, 0.2) is 0 Å². The predicted molar refractivity (Wildman–Crippen MR) is 72.0 cm³/mol. The fourth-order valence-corrected chi connectivity index (χ4v) is 1.45. The van der Waals surface area contributed by atoms with E-state index in [4.69, 9.17) is 18.9 Å². The van der Waals surface area contributed by atoms with Crippen LogP contribution in [-0.2, 0) is 18.9 Å². The molecule has 0 aliphatic rings. The first kappa shape index (κ1) is 17.8. The lowest BCUT2D eigenvalue weighted by Crippen LogP contribution is -2.39. The lowest BCUT2D eigenvalue weighted by atomic mass is 10.1. The smallest absolute Gasteiger partial charge is 0.0701 e. The largest absolute Gasteiger partial charge is 0.383 e. The van der Waals surface area contributed by atoms with Gasteiger partial charge < -0.3 is 24.3 Å². The van der Waals surface area contributed by atoms with Crippen molar-refractivity contribution >= 4 is 0 Å². The Morgan fingerprint density at radius 3 is 2.00 bits per heavy atom. The van der Waals surface area contributed by atoms with Crippen LogP contribution in [0.4, 0.5) is 0 Å². The van der Waals surface area contributed by atoms with Crippen LogP contribution in [0.25, 0.3) is 0 Å². The molecule has 1 N–H and O–H groups in total. The number of ether oxygens (including phenoxy) is 4. The van der Waals surface area contributed by atoms with Crippen molar-refractivity contribution in [3.8, 4) is 0 Å². The summed E-state index contributed by atoms with van der Waals surface area (Å²) >= 11 is 0. The summed E-state index contributed by atoms with van der Waals surface area (Å²) in [6.07, 6.45) is 0. The maximum Gasteiger partial charge on any atom is 0.0701 e. The maximum atomic E-state index is 5.45. The van der Waals surface area contributed by atoms with E-state index in [9.17, 15) is 0 Å². The second-order valence-electron chi connectivity index (χ2n) is 4.48. The van der Waals surface area contributed by atoms with Gasteiger partial charge in [-0.3, -0.25) is 0 Å². The average molecular weight is 263 g/mol. The quantitative estimate of drug-likeness (QED) is 0.501. The molecule has 1 unspecified atom stereocenters. The van der Waals surface area contributed by atoms with E-state index < -0.39 is 0 Å². The molecule has 0 aromatic carbocycles. The highest BCUT2D eigenvalue weighted by atomic mass is 16.5. The highest BCUT2D eigenvalue weighted by molar-refractivity contribution is 4.69. The summed E-state index contributed by atoms with van der Waals surface area (Å²) < 4.78 is 20.8. The van der Waals surface area contributed by atoms with Crippen molar-refractivity contribution in [2.24, 2.45) is 5.92 Å². The zero-order chi connectivity index (χ0) is 13.6. The second kappa shape index (κ2) is 13.2. The van der Waals surface area contributed by atoms with Gasteiger partial charge in [-0.1, -0.05) is 13.8 Å². The predicted octanol–water partition coefficient (Wildman–Crippen LogP) is 0.927. The molecule has 0 aromatic rings. The summed E-state index contributed by atoms with van der Waals surface area (Å²) in [4.78, 5) is 0. The Morgan fingerprint density at radius 1 is 0.833 bits per heavy atom. The van der Waals surface area contributed by atoms with E-state index in [1.807, 2.05) is 0 Å². The minimum atomic E-state index is 0.386. The first-order valence-corrected chi connectivity index (χ1v) is 6.59. The van der Waals surface area contributed by atoms with Crippen molar-refractivity contribution in [3.05, 3.63) is 0 Å². The third-order valence-electron chi connectivity index (χ3n) is 2.61. The number of methoxy groups -OCH3 is 2. The first-order chi connectivity index (χ1) is 8.72. The lowest BCUT2D eigenvalue weighted by molar-refractivity contribution is 0.0243. The Morgan fingerprint density at radius 2 is 1.44 bits per heavy atom. The van der Waals surface area contributed by atoms with E-state index in [2.05, 4.69) is 19.2 Å². The van der Waals surface area contributed by atoms with E-state index in [0.717, 1.165) is 13.2 Å². The number of hydrogen-bond acceptors (Lipinski definition) is 5. The Kier molecular flexibility index (Phi) is 13.1. The van der Waals surface area contributed by atoms with Gasteiger partial charge in [0.2, 0.25) is 0 Å². The van der Waals surface area contributed by atoms with Crippen LogP contribution in [0.2, 0.25) is 0 Å². The van der Waals surface area contributed by atoms with Gasteiger partial charge >= 0.3 is 0 Å². The minimum Gasteiger partial charge on any atom is -0.383 e. The lowest BCUT2D eigenvalue weighted by Gasteiger charge is -2.21. The molecule has 18 heavy (non-hydrogen) atoms. The molecule has 0 amide bonds. The molecule has 0 bridgehead atoms. The molecule has 5 nitrogen and oxygen atoms in total. The van der Waals surface area contributed by atoms with Crippen LogP contribution in [0, 0.1) is 5.92 Å². The van der Waals surface area contributed by atoms with Crippen LogP contribution in [0.3, 0.4) is 0 Å². The van der Waals surface area contributed by atoms with Crippen LogP contribution in [0.1, 0.15) is 13.8 Å². The molecule has 0 aromatic heterocycles. The topological polar surface area (TPSA) is 49.0 Å². The van der Waals surface area contributed by atoms with Gasteiger partial charge in [0.1, 0.15) is 0 Å². The van der Waals surface area contributed by atoms with Crippen LogP contribution < -0.4 is 5.32 Å². The molecule has 1 atom stereocenters. The van der Waals surface area contributed by atoms with Gasteiger partial charge in [0, 0.05) is 26.8 Å². The Balaban J connectivity index is 3.27. The van der Waals surface area contributed by atoms with Crippen LogP contribution >= 0.6 is 0 Å². The van der Waals surface area contributed by atoms with Crippen LogP contribution in [0.5, 0.6) is 0 Å². The van der Waals surface area contributed by atoms with Gasteiger partial charge in [-0.15, -0.1) is 0 Å². The summed E-state index contributed by atoms with van der Waals surface area (Å²) in [6, 6.07) is 0.386. The molecule has 0 aliphatic heterocycles. The van der Waals surface area contributed by atoms with E-state index >= 15 is 0 Å². The van der Waals surface area contributed by atoms with Gasteiger partial charge in [0.25, 0.3) is 0 Å². The fraction of sp³-hybridized carbons (Fsp3) is 1.00. The molecular weight excluding hydrogens is 234 g/mol. The summed E-state index contributed by atoms with van der Waals surface area (Å²) in [6.45, 7) is 9.14. The Bertz CT molecular complexity index is 167. The monoisotopic (exact) mass is 263 g/mol. The number of hydrogen-bond donors (Lipinski definition) is 1. The number of rotatable bonds is 13. The van der Waals surface area contributed by atoms with Crippen LogP contribution in [-0.4, -0.2) is 66.4 Å². The average Bonchev–Trinajstić information content (AvgIpc) is 2.35. The first-order valence-electron chi connectivity index (χ1n) is 6.59. The third-order valence-corrected chi connectivity index (χ3v) is 2.61. The molecule has 0 heterocycles. The normalized spacial score (nSPS) is 13.2. The highest BCUT2D eigenvalue weighted by Crippen LogP contribution is 2.01. The maximum absolute atomic E-state index is 5.45. The van der Waals surface area contributed by atoms with Crippen molar-refractivity contribution in [2.75, 3.05) is 60.4 Å².